The predicted molar refractivity (Wildman–Crippen MR) is 94.2 cm³/mol. The van der Waals surface area contributed by atoms with Crippen LogP contribution in [0.5, 0.6) is 17.2 Å². The Balaban J connectivity index is 1.65. The fourth-order valence-corrected chi connectivity index (χ4v) is 3.38. The molecule has 0 aliphatic carbocycles. The Morgan fingerprint density at radius 3 is 2.56 bits per heavy atom. The highest BCUT2D eigenvalue weighted by Gasteiger charge is 2.24. The van der Waals surface area contributed by atoms with Gasteiger partial charge in [0.05, 0.1) is 11.9 Å². The lowest BCUT2D eigenvalue weighted by Gasteiger charge is -2.21. The zero-order chi connectivity index (χ0) is 17.3. The van der Waals surface area contributed by atoms with Crippen LogP contribution < -0.4 is 14.2 Å². The van der Waals surface area contributed by atoms with Gasteiger partial charge < -0.3 is 9.47 Å². The van der Waals surface area contributed by atoms with Crippen molar-refractivity contribution in [1.29, 1.82) is 0 Å². The van der Waals surface area contributed by atoms with Gasteiger partial charge in [-0.05, 0) is 30.3 Å². The van der Waals surface area contributed by atoms with Gasteiger partial charge in [-0.2, -0.15) is 0 Å². The van der Waals surface area contributed by atoms with E-state index in [2.05, 4.69) is 9.71 Å². The first kappa shape index (κ1) is 15.5. The van der Waals surface area contributed by atoms with Crippen LogP contribution in [0.3, 0.4) is 0 Å². The average Bonchev–Trinajstić information content (AvgIpc) is 2.62. The second kappa shape index (κ2) is 6.10. The number of pyridine rings is 1. The Morgan fingerprint density at radius 2 is 1.80 bits per heavy atom. The molecule has 1 aliphatic heterocycles. The molecule has 0 saturated carbocycles. The molecule has 6 nitrogen and oxygen atoms in total. The second-order valence-electron chi connectivity index (χ2n) is 5.45. The van der Waals surface area contributed by atoms with Crippen molar-refractivity contribution in [3.05, 3.63) is 66.9 Å². The van der Waals surface area contributed by atoms with Crippen LogP contribution in [0.1, 0.15) is 0 Å². The van der Waals surface area contributed by atoms with Gasteiger partial charge in [0.1, 0.15) is 22.9 Å². The van der Waals surface area contributed by atoms with Crippen LogP contribution in [0.15, 0.2) is 66.9 Å². The second-order valence-corrected chi connectivity index (χ2v) is 7.12. The summed E-state index contributed by atoms with van der Waals surface area (Å²) in [6.45, 7) is 0. The summed E-state index contributed by atoms with van der Waals surface area (Å²) in [5, 5.41) is 0. The number of ether oxygens (including phenoxy) is 2. The maximum atomic E-state index is 11.8. The van der Waals surface area contributed by atoms with Gasteiger partial charge >= 0.3 is 0 Å². The molecule has 0 saturated heterocycles. The number of hydrogen-bond donors (Lipinski definition) is 1. The summed E-state index contributed by atoms with van der Waals surface area (Å²) in [5.74, 6) is 1.41. The van der Waals surface area contributed by atoms with Crippen LogP contribution in [0, 0.1) is 0 Å². The number of benzene rings is 2. The summed E-state index contributed by atoms with van der Waals surface area (Å²) in [6, 6.07) is 18.3. The minimum atomic E-state index is -3.50. The molecule has 126 valence electrons. The number of para-hydroxylation sites is 2. The van der Waals surface area contributed by atoms with Crippen LogP contribution in [0.4, 0.5) is 5.69 Å². The van der Waals surface area contributed by atoms with Crippen molar-refractivity contribution in [2.75, 3.05) is 10.7 Å². The Bertz CT molecular complexity index is 1000. The molecule has 1 aliphatic rings. The Labute approximate surface area is 145 Å². The first-order valence-electron chi connectivity index (χ1n) is 7.56. The zero-order valence-electron chi connectivity index (χ0n) is 13.0. The van der Waals surface area contributed by atoms with Gasteiger partial charge in [0.15, 0.2) is 0 Å². The first-order valence-corrected chi connectivity index (χ1v) is 9.22. The van der Waals surface area contributed by atoms with Crippen molar-refractivity contribution in [3.8, 4) is 28.5 Å². The quantitative estimate of drug-likeness (QED) is 0.777. The van der Waals surface area contributed by atoms with E-state index in [1.807, 2.05) is 30.3 Å². The maximum Gasteiger partial charge on any atom is 0.268 e. The standard InChI is InChI=1S/C18H14N2O4S/c21-25(22)12-23-17-8-4-7-15(18(17)20-25)16-10-9-14(11-19-16)24-13-5-2-1-3-6-13/h1-11,20H,12H2. The third-order valence-electron chi connectivity index (χ3n) is 3.64. The molecule has 3 aromatic rings. The van der Waals surface area contributed by atoms with Gasteiger partial charge in [0.2, 0.25) is 5.94 Å². The Morgan fingerprint density at radius 1 is 0.960 bits per heavy atom. The number of nitrogens with zero attached hydrogens (tertiary/aromatic N) is 1. The summed E-state index contributed by atoms with van der Waals surface area (Å²) in [7, 11) is -3.50. The molecule has 1 N–H and O–H groups in total. The fourth-order valence-electron chi connectivity index (χ4n) is 2.52. The van der Waals surface area contributed by atoms with E-state index in [0.717, 1.165) is 5.75 Å². The van der Waals surface area contributed by atoms with Gasteiger partial charge in [-0.15, -0.1) is 0 Å². The molecule has 0 radical (unpaired) electrons. The zero-order valence-corrected chi connectivity index (χ0v) is 13.9. The third kappa shape index (κ3) is 3.27. The monoisotopic (exact) mass is 354 g/mol. The van der Waals surface area contributed by atoms with Crippen molar-refractivity contribution in [2.24, 2.45) is 0 Å². The Kier molecular flexibility index (Phi) is 3.77. The fraction of sp³-hybridized carbons (Fsp3) is 0.0556. The lowest BCUT2D eigenvalue weighted by atomic mass is 10.1. The third-order valence-corrected chi connectivity index (χ3v) is 4.59. The van der Waals surface area contributed by atoms with E-state index in [1.165, 1.54) is 0 Å². The van der Waals surface area contributed by atoms with Gasteiger partial charge in [0.25, 0.3) is 10.0 Å². The first-order chi connectivity index (χ1) is 12.1. The number of rotatable bonds is 3. The molecule has 0 spiro atoms. The number of aromatic nitrogens is 1. The van der Waals surface area contributed by atoms with E-state index in [1.54, 1.807) is 36.5 Å². The molecule has 2 heterocycles. The molecule has 0 fully saturated rings. The average molecular weight is 354 g/mol. The summed E-state index contributed by atoms with van der Waals surface area (Å²) in [6.07, 6.45) is 1.60. The topological polar surface area (TPSA) is 77.5 Å². The number of nitrogens with one attached hydrogen (secondary N) is 1. The molecular formula is C18H14N2O4S. The molecule has 0 atom stereocenters. The van der Waals surface area contributed by atoms with Crippen molar-refractivity contribution in [1.82, 2.24) is 4.98 Å². The minimum absolute atomic E-state index is 0.388. The molecule has 25 heavy (non-hydrogen) atoms. The van der Waals surface area contributed by atoms with Gasteiger partial charge in [-0.3, -0.25) is 9.71 Å². The highest BCUT2D eigenvalue weighted by molar-refractivity contribution is 7.92. The molecule has 7 heteroatoms. The van der Waals surface area contributed by atoms with E-state index in [9.17, 15) is 8.42 Å². The number of hydrogen-bond acceptors (Lipinski definition) is 5. The van der Waals surface area contributed by atoms with Gasteiger partial charge in [0, 0.05) is 5.56 Å². The van der Waals surface area contributed by atoms with E-state index in [-0.39, 0.29) is 5.94 Å². The van der Waals surface area contributed by atoms with E-state index >= 15 is 0 Å². The lowest BCUT2D eigenvalue weighted by Crippen LogP contribution is -2.25. The number of sulfonamides is 1. The van der Waals surface area contributed by atoms with Crippen LogP contribution in [-0.2, 0) is 10.0 Å². The van der Waals surface area contributed by atoms with Crippen LogP contribution in [0.2, 0.25) is 0 Å². The summed E-state index contributed by atoms with van der Waals surface area (Å²) in [4.78, 5) is 4.39. The summed E-state index contributed by atoms with van der Waals surface area (Å²) >= 11 is 0. The van der Waals surface area contributed by atoms with Crippen LogP contribution in [-0.4, -0.2) is 19.3 Å². The molecule has 4 rings (SSSR count). The Hall–Kier alpha value is -3.06. The predicted octanol–water partition coefficient (Wildman–Crippen LogP) is 3.63. The van der Waals surface area contributed by atoms with E-state index in [4.69, 9.17) is 9.47 Å². The van der Waals surface area contributed by atoms with Crippen molar-refractivity contribution < 1.29 is 17.9 Å². The number of fused-ring (bicyclic) bond motifs is 1. The van der Waals surface area contributed by atoms with E-state index < -0.39 is 10.0 Å². The van der Waals surface area contributed by atoms with Crippen LogP contribution >= 0.6 is 0 Å². The normalized spacial score (nSPS) is 14.7. The van der Waals surface area contributed by atoms with Gasteiger partial charge in [-0.25, -0.2) is 8.42 Å². The molecule has 0 unspecified atom stereocenters. The molecule has 2 aromatic carbocycles. The van der Waals surface area contributed by atoms with Crippen LogP contribution in [0.25, 0.3) is 11.3 Å². The smallest absolute Gasteiger partial charge is 0.268 e. The van der Waals surface area contributed by atoms with Crippen molar-refractivity contribution >= 4 is 15.7 Å². The largest absolute Gasteiger partial charge is 0.474 e. The van der Waals surface area contributed by atoms with Gasteiger partial charge in [-0.1, -0.05) is 30.3 Å². The van der Waals surface area contributed by atoms with Crippen molar-refractivity contribution in [2.45, 2.75) is 0 Å². The minimum Gasteiger partial charge on any atom is -0.474 e. The molecule has 1 aromatic heterocycles. The van der Waals surface area contributed by atoms with Crippen molar-refractivity contribution in [3.63, 3.8) is 0 Å². The SMILES string of the molecule is O=S1(=O)COc2cccc(-c3ccc(Oc4ccccc4)cn3)c2N1. The highest BCUT2D eigenvalue weighted by atomic mass is 32.2. The lowest BCUT2D eigenvalue weighted by molar-refractivity contribution is 0.374. The maximum absolute atomic E-state index is 11.8. The summed E-state index contributed by atoms with van der Waals surface area (Å²) < 4.78 is 37.1. The molecular weight excluding hydrogens is 340 g/mol. The number of anilines is 1. The van der Waals surface area contributed by atoms with E-state index in [0.29, 0.717) is 28.4 Å². The molecule has 0 amide bonds. The summed E-state index contributed by atoms with van der Waals surface area (Å²) in [5.41, 5.74) is 1.66. The highest BCUT2D eigenvalue weighted by Crippen LogP contribution is 2.38. The molecule has 0 bridgehead atoms.